The lowest BCUT2D eigenvalue weighted by atomic mass is 9.96. The van der Waals surface area contributed by atoms with Crippen LogP contribution < -0.4 is 0 Å². The molecule has 0 spiro atoms. The van der Waals surface area contributed by atoms with Crippen LogP contribution in [0.1, 0.15) is 5.56 Å². The average molecular weight is 306 g/mol. The Hall–Kier alpha value is -2.43. The summed E-state index contributed by atoms with van der Waals surface area (Å²) in [4.78, 5) is 7.69. The van der Waals surface area contributed by atoms with Crippen molar-refractivity contribution in [2.45, 2.75) is 6.61 Å². The Morgan fingerprint density at radius 3 is 2.77 bits per heavy atom. The molecular weight excluding hydrogens is 292 g/mol. The monoisotopic (exact) mass is 306 g/mol. The highest BCUT2D eigenvalue weighted by molar-refractivity contribution is 7.08. The summed E-state index contributed by atoms with van der Waals surface area (Å²) in [5.41, 5.74) is 6.27. The fourth-order valence-electron chi connectivity index (χ4n) is 2.85. The van der Waals surface area contributed by atoms with Crippen LogP contribution >= 0.6 is 11.3 Å². The van der Waals surface area contributed by atoms with Crippen LogP contribution in [0.4, 0.5) is 0 Å². The molecule has 0 radical (unpaired) electrons. The molecule has 22 heavy (non-hydrogen) atoms. The molecule has 4 rings (SSSR count). The smallest absolute Gasteiger partial charge is 0.138 e. The summed E-state index contributed by atoms with van der Waals surface area (Å²) in [5, 5.41) is 14.9. The zero-order valence-corrected chi connectivity index (χ0v) is 12.6. The fourth-order valence-corrected chi connectivity index (χ4v) is 3.50. The summed E-state index contributed by atoms with van der Waals surface area (Å²) >= 11 is 1.68. The number of aliphatic hydroxyl groups excluding tert-OH is 1. The van der Waals surface area contributed by atoms with Gasteiger partial charge >= 0.3 is 0 Å². The third-order valence-corrected chi connectivity index (χ3v) is 4.57. The number of fused-ring (bicyclic) bond motifs is 1. The Morgan fingerprint density at radius 1 is 1.05 bits per heavy atom. The summed E-state index contributed by atoms with van der Waals surface area (Å²) in [6.07, 6.45) is 3.81. The SMILES string of the molecule is OCc1ccccc1-c1ccnc2[nH]cc(-c3ccsc3)c12. The van der Waals surface area contributed by atoms with Crippen LogP contribution in [0, 0.1) is 0 Å². The highest BCUT2D eigenvalue weighted by Crippen LogP contribution is 2.37. The van der Waals surface area contributed by atoms with Gasteiger partial charge in [0, 0.05) is 23.3 Å². The fraction of sp³-hybridized carbons (Fsp3) is 0.0556. The van der Waals surface area contributed by atoms with Crippen LogP contribution in [0.2, 0.25) is 0 Å². The first-order valence-corrected chi connectivity index (χ1v) is 8.00. The standard InChI is InChI=1S/C18H14N2OS/c21-10-12-3-1-2-4-14(12)15-5-7-19-18-17(15)16(9-20-18)13-6-8-22-11-13/h1-9,11,21H,10H2,(H,19,20). The number of nitrogens with zero attached hydrogens (tertiary/aromatic N) is 1. The Bertz CT molecular complexity index is 925. The molecule has 0 aliphatic carbocycles. The van der Waals surface area contributed by atoms with E-state index in [1.165, 1.54) is 5.56 Å². The first-order chi connectivity index (χ1) is 10.9. The number of hydrogen-bond donors (Lipinski definition) is 2. The lowest BCUT2D eigenvalue weighted by Crippen LogP contribution is -1.90. The lowest BCUT2D eigenvalue weighted by molar-refractivity contribution is 0.282. The maximum absolute atomic E-state index is 9.63. The highest BCUT2D eigenvalue weighted by atomic mass is 32.1. The molecule has 0 saturated carbocycles. The van der Waals surface area contributed by atoms with E-state index in [9.17, 15) is 5.11 Å². The number of pyridine rings is 1. The van der Waals surface area contributed by atoms with E-state index in [0.29, 0.717) is 0 Å². The van der Waals surface area contributed by atoms with Crippen molar-refractivity contribution in [1.82, 2.24) is 9.97 Å². The van der Waals surface area contributed by atoms with Gasteiger partial charge in [-0.25, -0.2) is 4.98 Å². The summed E-state index contributed by atoms with van der Waals surface area (Å²) in [6, 6.07) is 12.1. The minimum absolute atomic E-state index is 0.0260. The van der Waals surface area contributed by atoms with Gasteiger partial charge < -0.3 is 10.1 Å². The molecule has 108 valence electrons. The normalized spacial score (nSPS) is 11.1. The summed E-state index contributed by atoms with van der Waals surface area (Å²) in [5.74, 6) is 0. The van der Waals surface area contributed by atoms with Crippen molar-refractivity contribution < 1.29 is 5.11 Å². The molecule has 4 aromatic rings. The molecule has 3 aromatic heterocycles. The minimum atomic E-state index is 0.0260. The molecule has 0 saturated heterocycles. The Balaban J connectivity index is 2.04. The van der Waals surface area contributed by atoms with Gasteiger partial charge in [-0.05, 0) is 45.1 Å². The number of hydrogen-bond acceptors (Lipinski definition) is 3. The van der Waals surface area contributed by atoms with Crippen molar-refractivity contribution >= 4 is 22.4 Å². The predicted octanol–water partition coefficient (Wildman–Crippen LogP) is 4.45. The van der Waals surface area contributed by atoms with Gasteiger partial charge in [-0.15, -0.1) is 0 Å². The maximum atomic E-state index is 9.63. The number of aromatic amines is 1. The van der Waals surface area contributed by atoms with Crippen molar-refractivity contribution in [1.29, 1.82) is 0 Å². The third kappa shape index (κ3) is 2.04. The molecule has 0 atom stereocenters. The van der Waals surface area contributed by atoms with Crippen LogP contribution in [0.25, 0.3) is 33.3 Å². The number of H-pyrrole nitrogens is 1. The van der Waals surface area contributed by atoms with Crippen molar-refractivity contribution in [3.8, 4) is 22.3 Å². The van der Waals surface area contributed by atoms with E-state index in [2.05, 4.69) is 26.8 Å². The number of rotatable bonds is 3. The second-order valence-corrected chi connectivity index (χ2v) is 5.89. The van der Waals surface area contributed by atoms with Gasteiger partial charge in [0.25, 0.3) is 0 Å². The van der Waals surface area contributed by atoms with Gasteiger partial charge in [0.2, 0.25) is 0 Å². The quantitative estimate of drug-likeness (QED) is 0.587. The number of benzene rings is 1. The second-order valence-electron chi connectivity index (χ2n) is 5.11. The van der Waals surface area contributed by atoms with Gasteiger partial charge in [-0.2, -0.15) is 11.3 Å². The maximum Gasteiger partial charge on any atom is 0.138 e. The molecule has 0 fully saturated rings. The van der Waals surface area contributed by atoms with E-state index >= 15 is 0 Å². The van der Waals surface area contributed by atoms with Crippen molar-refractivity contribution in [2.75, 3.05) is 0 Å². The molecule has 0 amide bonds. The van der Waals surface area contributed by atoms with E-state index in [1.807, 2.05) is 36.5 Å². The summed E-state index contributed by atoms with van der Waals surface area (Å²) in [7, 11) is 0. The predicted molar refractivity (Wildman–Crippen MR) is 90.8 cm³/mol. The number of thiophene rings is 1. The Kier molecular flexibility index (Phi) is 3.25. The van der Waals surface area contributed by atoms with E-state index < -0.39 is 0 Å². The molecule has 0 unspecified atom stereocenters. The summed E-state index contributed by atoms with van der Waals surface area (Å²) in [6.45, 7) is 0.0260. The molecule has 1 aromatic carbocycles. The zero-order chi connectivity index (χ0) is 14.9. The van der Waals surface area contributed by atoms with Crippen molar-refractivity contribution in [3.05, 3.63) is 65.1 Å². The molecule has 4 heteroatoms. The minimum Gasteiger partial charge on any atom is -0.392 e. The topological polar surface area (TPSA) is 48.9 Å². The van der Waals surface area contributed by atoms with Crippen molar-refractivity contribution in [3.63, 3.8) is 0 Å². The third-order valence-electron chi connectivity index (χ3n) is 3.88. The molecule has 3 heterocycles. The van der Waals surface area contributed by atoms with Crippen LogP contribution in [-0.4, -0.2) is 15.1 Å². The number of aromatic nitrogens is 2. The molecule has 2 N–H and O–H groups in total. The lowest BCUT2D eigenvalue weighted by Gasteiger charge is -2.09. The summed E-state index contributed by atoms with van der Waals surface area (Å²) < 4.78 is 0. The van der Waals surface area contributed by atoms with Gasteiger partial charge in [0.05, 0.1) is 6.61 Å². The molecular formula is C18H14N2OS. The molecule has 0 aliphatic heterocycles. The van der Waals surface area contributed by atoms with Gasteiger partial charge in [-0.3, -0.25) is 0 Å². The highest BCUT2D eigenvalue weighted by Gasteiger charge is 2.14. The zero-order valence-electron chi connectivity index (χ0n) is 11.8. The Morgan fingerprint density at radius 2 is 1.95 bits per heavy atom. The van der Waals surface area contributed by atoms with Crippen LogP contribution in [0.15, 0.2) is 59.6 Å². The average Bonchev–Trinajstić information content (AvgIpc) is 3.23. The van der Waals surface area contributed by atoms with E-state index in [-0.39, 0.29) is 6.61 Å². The van der Waals surface area contributed by atoms with E-state index in [4.69, 9.17) is 0 Å². The largest absolute Gasteiger partial charge is 0.392 e. The number of nitrogens with one attached hydrogen (secondary N) is 1. The van der Waals surface area contributed by atoms with Crippen LogP contribution in [0.3, 0.4) is 0 Å². The first-order valence-electron chi connectivity index (χ1n) is 7.06. The first kappa shape index (κ1) is 13.2. The molecule has 0 bridgehead atoms. The molecule has 3 nitrogen and oxygen atoms in total. The van der Waals surface area contributed by atoms with Crippen LogP contribution in [0.5, 0.6) is 0 Å². The Labute approximate surface area is 131 Å². The van der Waals surface area contributed by atoms with E-state index in [1.54, 1.807) is 17.5 Å². The van der Waals surface area contributed by atoms with Gasteiger partial charge in [0.1, 0.15) is 5.65 Å². The number of aliphatic hydroxyl groups is 1. The van der Waals surface area contributed by atoms with E-state index in [0.717, 1.165) is 33.3 Å². The van der Waals surface area contributed by atoms with Gasteiger partial charge in [0.15, 0.2) is 0 Å². The molecule has 0 aliphatic rings. The van der Waals surface area contributed by atoms with Gasteiger partial charge in [-0.1, -0.05) is 24.3 Å². The second kappa shape index (κ2) is 5.40. The van der Waals surface area contributed by atoms with Crippen LogP contribution in [-0.2, 0) is 6.61 Å². The van der Waals surface area contributed by atoms with Crippen molar-refractivity contribution in [2.24, 2.45) is 0 Å².